The second kappa shape index (κ2) is 9.30. The zero-order valence-corrected chi connectivity index (χ0v) is 14.3. The second-order valence-electron chi connectivity index (χ2n) is 6.27. The first kappa shape index (κ1) is 18.3. The number of carbonyl (C=O) groups excluding carboxylic acids is 1. The molecule has 2 fully saturated rings. The molecule has 2 atom stereocenters. The molecular formula is C17H26N2O6. The quantitative estimate of drug-likeness (QED) is 0.712. The monoisotopic (exact) mass is 354 g/mol. The van der Waals surface area contributed by atoms with Gasteiger partial charge in [0, 0.05) is 19.7 Å². The fraction of sp³-hybridized carbons (Fsp3) is 0.706. The molecule has 0 aromatic carbocycles. The highest BCUT2D eigenvalue weighted by Crippen LogP contribution is 2.15. The van der Waals surface area contributed by atoms with Crippen LogP contribution in [0, 0.1) is 0 Å². The molecule has 2 aliphatic heterocycles. The molecule has 1 amide bonds. The van der Waals surface area contributed by atoms with Crippen molar-refractivity contribution in [2.75, 3.05) is 52.7 Å². The smallest absolute Gasteiger partial charge is 0.254 e. The molecule has 0 aliphatic carbocycles. The van der Waals surface area contributed by atoms with Gasteiger partial charge >= 0.3 is 0 Å². The number of carbonyl (C=O) groups is 1. The SMILES string of the molecule is O=C(N[C@H]1COCC[C@H]1OCCO)c1coc(CN2CCOCC2)c1. The first-order valence-corrected chi connectivity index (χ1v) is 8.75. The highest BCUT2D eigenvalue weighted by molar-refractivity contribution is 5.94. The molecule has 0 unspecified atom stereocenters. The Labute approximate surface area is 147 Å². The van der Waals surface area contributed by atoms with Crippen LogP contribution in [-0.2, 0) is 20.8 Å². The van der Waals surface area contributed by atoms with Crippen LogP contribution in [0.3, 0.4) is 0 Å². The van der Waals surface area contributed by atoms with Crippen LogP contribution < -0.4 is 5.32 Å². The van der Waals surface area contributed by atoms with Crippen LogP contribution in [-0.4, -0.2) is 80.8 Å². The molecule has 1 aromatic rings. The molecular weight excluding hydrogens is 328 g/mol. The molecule has 3 rings (SSSR count). The summed E-state index contributed by atoms with van der Waals surface area (Å²) >= 11 is 0. The van der Waals surface area contributed by atoms with Crippen molar-refractivity contribution in [1.82, 2.24) is 10.2 Å². The van der Waals surface area contributed by atoms with Gasteiger partial charge in [-0.1, -0.05) is 0 Å². The number of morpholine rings is 1. The third kappa shape index (κ3) is 5.26. The van der Waals surface area contributed by atoms with E-state index < -0.39 is 0 Å². The maximum absolute atomic E-state index is 12.5. The predicted molar refractivity (Wildman–Crippen MR) is 88.3 cm³/mol. The Morgan fingerprint density at radius 3 is 2.96 bits per heavy atom. The fourth-order valence-electron chi connectivity index (χ4n) is 3.07. The van der Waals surface area contributed by atoms with E-state index in [0.29, 0.717) is 31.7 Å². The van der Waals surface area contributed by atoms with Crippen molar-refractivity contribution in [3.05, 3.63) is 23.7 Å². The van der Waals surface area contributed by atoms with E-state index in [1.54, 1.807) is 6.07 Å². The van der Waals surface area contributed by atoms with E-state index in [1.165, 1.54) is 6.26 Å². The molecule has 2 saturated heterocycles. The van der Waals surface area contributed by atoms with Gasteiger partial charge in [-0.2, -0.15) is 0 Å². The van der Waals surface area contributed by atoms with Gasteiger partial charge in [0.15, 0.2) is 0 Å². The Hall–Kier alpha value is -1.45. The van der Waals surface area contributed by atoms with Crippen molar-refractivity contribution in [2.45, 2.75) is 25.1 Å². The second-order valence-corrected chi connectivity index (χ2v) is 6.27. The van der Waals surface area contributed by atoms with Crippen LogP contribution >= 0.6 is 0 Å². The van der Waals surface area contributed by atoms with E-state index in [-0.39, 0.29) is 31.3 Å². The summed E-state index contributed by atoms with van der Waals surface area (Å²) in [7, 11) is 0. The molecule has 0 saturated carbocycles. The number of aliphatic hydroxyl groups excluding tert-OH is 1. The summed E-state index contributed by atoms with van der Waals surface area (Å²) in [4.78, 5) is 14.7. The first-order chi connectivity index (χ1) is 12.3. The van der Waals surface area contributed by atoms with Gasteiger partial charge in [-0.3, -0.25) is 9.69 Å². The molecule has 140 valence electrons. The molecule has 25 heavy (non-hydrogen) atoms. The minimum Gasteiger partial charge on any atom is -0.467 e. The van der Waals surface area contributed by atoms with Gasteiger partial charge in [-0.15, -0.1) is 0 Å². The lowest BCUT2D eigenvalue weighted by Gasteiger charge is -2.31. The van der Waals surface area contributed by atoms with E-state index >= 15 is 0 Å². The molecule has 0 radical (unpaired) electrons. The van der Waals surface area contributed by atoms with Crippen LogP contribution in [0.2, 0.25) is 0 Å². The van der Waals surface area contributed by atoms with Crippen molar-refractivity contribution in [3.63, 3.8) is 0 Å². The van der Waals surface area contributed by atoms with Gasteiger partial charge in [0.1, 0.15) is 12.0 Å². The van der Waals surface area contributed by atoms with Crippen molar-refractivity contribution in [1.29, 1.82) is 0 Å². The molecule has 8 heteroatoms. The number of amides is 1. The molecule has 0 bridgehead atoms. The maximum Gasteiger partial charge on any atom is 0.254 e. The number of nitrogens with zero attached hydrogens (tertiary/aromatic N) is 1. The summed E-state index contributed by atoms with van der Waals surface area (Å²) in [6.45, 7) is 5.08. The Morgan fingerprint density at radius 1 is 1.32 bits per heavy atom. The Balaban J connectivity index is 1.53. The average Bonchev–Trinajstić information content (AvgIpc) is 3.10. The molecule has 3 heterocycles. The van der Waals surface area contributed by atoms with Crippen LogP contribution in [0.5, 0.6) is 0 Å². The Kier molecular flexibility index (Phi) is 6.83. The van der Waals surface area contributed by atoms with Gasteiger partial charge < -0.3 is 29.1 Å². The molecule has 2 N–H and O–H groups in total. The number of aliphatic hydroxyl groups is 1. The third-order valence-electron chi connectivity index (χ3n) is 4.43. The van der Waals surface area contributed by atoms with Gasteiger partial charge in [0.05, 0.1) is 57.3 Å². The van der Waals surface area contributed by atoms with Gasteiger partial charge in [0.25, 0.3) is 5.91 Å². The molecule has 1 aromatic heterocycles. The molecule has 8 nitrogen and oxygen atoms in total. The highest BCUT2D eigenvalue weighted by Gasteiger charge is 2.28. The van der Waals surface area contributed by atoms with E-state index in [1.807, 2.05) is 0 Å². The van der Waals surface area contributed by atoms with Crippen molar-refractivity contribution in [2.24, 2.45) is 0 Å². The minimum atomic E-state index is -0.231. The summed E-state index contributed by atoms with van der Waals surface area (Å²) in [5.74, 6) is 0.560. The topological polar surface area (TPSA) is 93.4 Å². The van der Waals surface area contributed by atoms with Crippen molar-refractivity contribution >= 4 is 5.91 Å². The fourth-order valence-corrected chi connectivity index (χ4v) is 3.07. The largest absolute Gasteiger partial charge is 0.467 e. The van der Waals surface area contributed by atoms with E-state index in [2.05, 4.69) is 10.2 Å². The molecule has 2 aliphatic rings. The van der Waals surface area contributed by atoms with Gasteiger partial charge in [-0.05, 0) is 12.5 Å². The lowest BCUT2D eigenvalue weighted by Crippen LogP contribution is -2.50. The number of nitrogens with one attached hydrogen (secondary N) is 1. The Bertz CT molecular complexity index is 543. The minimum absolute atomic E-state index is 0.0370. The summed E-state index contributed by atoms with van der Waals surface area (Å²) in [6, 6.07) is 1.54. The number of furan rings is 1. The van der Waals surface area contributed by atoms with E-state index in [9.17, 15) is 4.79 Å². The third-order valence-corrected chi connectivity index (χ3v) is 4.43. The van der Waals surface area contributed by atoms with E-state index in [0.717, 1.165) is 32.1 Å². The van der Waals surface area contributed by atoms with Crippen LogP contribution in [0.25, 0.3) is 0 Å². The number of hydrogen-bond donors (Lipinski definition) is 2. The van der Waals surface area contributed by atoms with Crippen molar-refractivity contribution in [3.8, 4) is 0 Å². The number of rotatable bonds is 7. The number of hydrogen-bond acceptors (Lipinski definition) is 7. The van der Waals surface area contributed by atoms with Crippen LogP contribution in [0.15, 0.2) is 16.7 Å². The summed E-state index contributed by atoms with van der Waals surface area (Å²) in [5, 5.41) is 11.9. The lowest BCUT2D eigenvalue weighted by atomic mass is 10.1. The summed E-state index contributed by atoms with van der Waals surface area (Å²) in [6.07, 6.45) is 2.03. The van der Waals surface area contributed by atoms with Crippen LogP contribution in [0.1, 0.15) is 22.5 Å². The Morgan fingerprint density at radius 2 is 2.16 bits per heavy atom. The summed E-state index contributed by atoms with van der Waals surface area (Å²) in [5.41, 5.74) is 0.495. The number of ether oxygens (including phenoxy) is 3. The highest BCUT2D eigenvalue weighted by atomic mass is 16.5. The van der Waals surface area contributed by atoms with Gasteiger partial charge in [0.2, 0.25) is 0 Å². The lowest BCUT2D eigenvalue weighted by molar-refractivity contribution is -0.0612. The zero-order valence-electron chi connectivity index (χ0n) is 14.3. The molecule has 0 spiro atoms. The van der Waals surface area contributed by atoms with E-state index in [4.69, 9.17) is 23.7 Å². The average molecular weight is 354 g/mol. The standard InChI is InChI=1S/C17H26N2O6/c20-4-8-24-16-1-5-23-12-15(16)18-17(21)13-9-14(25-11-13)10-19-2-6-22-7-3-19/h9,11,15-16,20H,1-8,10,12H2,(H,18,21)/t15-,16+/m0/s1. The van der Waals surface area contributed by atoms with Crippen LogP contribution in [0.4, 0.5) is 0 Å². The first-order valence-electron chi connectivity index (χ1n) is 8.75. The van der Waals surface area contributed by atoms with Gasteiger partial charge in [-0.25, -0.2) is 0 Å². The normalized spacial score (nSPS) is 25.0. The summed E-state index contributed by atoms with van der Waals surface area (Å²) < 4.78 is 21.9. The maximum atomic E-state index is 12.5. The van der Waals surface area contributed by atoms with Crippen molar-refractivity contribution < 1.29 is 28.5 Å². The predicted octanol–water partition coefficient (Wildman–Crippen LogP) is 0.00800. The zero-order chi connectivity index (χ0) is 17.5.